The van der Waals surface area contributed by atoms with Crippen LogP contribution in [0, 0.1) is 11.2 Å². The highest BCUT2D eigenvalue weighted by molar-refractivity contribution is 5.95. The molecule has 0 unspecified atom stereocenters. The van der Waals surface area contributed by atoms with Crippen molar-refractivity contribution in [3.8, 4) is 5.75 Å². The Hall–Kier alpha value is -1.58. The van der Waals surface area contributed by atoms with Gasteiger partial charge in [0.25, 0.3) is 0 Å². The second kappa shape index (κ2) is 2.57. The Labute approximate surface area is 62.8 Å². The topological polar surface area (TPSA) is 70.1 Å². The molecular formula is C7H7FN2O. The number of halogens is 1. The van der Waals surface area contributed by atoms with Crippen LogP contribution in [0.4, 0.5) is 4.39 Å². The largest absolute Gasteiger partial charge is 0.508 e. The minimum Gasteiger partial charge on any atom is -0.508 e. The van der Waals surface area contributed by atoms with Gasteiger partial charge in [-0.2, -0.15) is 0 Å². The Morgan fingerprint density at radius 1 is 1.55 bits per heavy atom. The van der Waals surface area contributed by atoms with Crippen molar-refractivity contribution in [1.29, 1.82) is 5.41 Å². The van der Waals surface area contributed by atoms with Crippen LogP contribution in [0.5, 0.6) is 5.75 Å². The second-order valence-corrected chi connectivity index (χ2v) is 2.08. The highest BCUT2D eigenvalue weighted by Gasteiger charge is 2.04. The maximum absolute atomic E-state index is 12.7. The predicted molar refractivity (Wildman–Crippen MR) is 39.1 cm³/mol. The van der Waals surface area contributed by atoms with Crippen molar-refractivity contribution in [2.75, 3.05) is 0 Å². The van der Waals surface area contributed by atoms with Crippen LogP contribution in [-0.4, -0.2) is 10.9 Å². The molecule has 1 aromatic rings. The molecule has 0 aliphatic carbocycles. The number of nitrogen functional groups attached to an aromatic ring is 1. The molecule has 58 valence electrons. The van der Waals surface area contributed by atoms with Gasteiger partial charge in [0.15, 0.2) is 0 Å². The first-order valence-electron chi connectivity index (χ1n) is 2.94. The molecule has 1 rings (SSSR count). The van der Waals surface area contributed by atoms with E-state index in [0.717, 1.165) is 6.07 Å². The van der Waals surface area contributed by atoms with Gasteiger partial charge < -0.3 is 10.8 Å². The molecule has 0 atom stereocenters. The zero-order chi connectivity index (χ0) is 8.43. The summed E-state index contributed by atoms with van der Waals surface area (Å²) in [6.07, 6.45) is 0. The molecule has 3 nitrogen and oxygen atoms in total. The molecule has 1 aromatic carbocycles. The van der Waals surface area contributed by atoms with Crippen LogP contribution in [0.3, 0.4) is 0 Å². The van der Waals surface area contributed by atoms with E-state index in [1.165, 1.54) is 12.1 Å². The van der Waals surface area contributed by atoms with Crippen LogP contribution in [0.1, 0.15) is 5.56 Å². The van der Waals surface area contributed by atoms with Crippen LogP contribution >= 0.6 is 0 Å². The number of nitrogens with one attached hydrogen (secondary N) is 1. The second-order valence-electron chi connectivity index (χ2n) is 2.08. The first-order valence-corrected chi connectivity index (χ1v) is 2.94. The zero-order valence-corrected chi connectivity index (χ0v) is 5.63. The third-order valence-corrected chi connectivity index (χ3v) is 1.24. The van der Waals surface area contributed by atoms with Gasteiger partial charge in [-0.05, 0) is 12.1 Å². The fourth-order valence-corrected chi connectivity index (χ4v) is 0.722. The van der Waals surface area contributed by atoms with Crippen LogP contribution in [0.2, 0.25) is 0 Å². The van der Waals surface area contributed by atoms with E-state index in [-0.39, 0.29) is 17.1 Å². The quantitative estimate of drug-likeness (QED) is 0.414. The van der Waals surface area contributed by atoms with Crippen LogP contribution in [0.25, 0.3) is 0 Å². The molecule has 4 heteroatoms. The van der Waals surface area contributed by atoms with Gasteiger partial charge in [-0.1, -0.05) is 0 Å². The predicted octanol–water partition coefficient (Wildman–Crippen LogP) is 0.815. The molecule has 0 bridgehead atoms. The van der Waals surface area contributed by atoms with E-state index in [1.807, 2.05) is 0 Å². The van der Waals surface area contributed by atoms with Gasteiger partial charge in [0.1, 0.15) is 17.4 Å². The minimum absolute atomic E-state index is 0.00259. The van der Waals surface area contributed by atoms with Gasteiger partial charge >= 0.3 is 0 Å². The number of rotatable bonds is 1. The number of hydrogen-bond acceptors (Lipinski definition) is 2. The summed E-state index contributed by atoms with van der Waals surface area (Å²) in [5, 5.41) is 15.7. The van der Waals surface area contributed by atoms with Crippen molar-refractivity contribution in [3.05, 3.63) is 29.6 Å². The van der Waals surface area contributed by atoms with E-state index in [0.29, 0.717) is 0 Å². The maximum atomic E-state index is 12.7. The Bertz CT molecular complexity index is 298. The van der Waals surface area contributed by atoms with Crippen molar-refractivity contribution in [2.45, 2.75) is 0 Å². The summed E-state index contributed by atoms with van der Waals surface area (Å²) < 4.78 is 12.7. The van der Waals surface area contributed by atoms with Gasteiger partial charge in [0.05, 0.1) is 5.56 Å². The third kappa shape index (κ3) is 1.46. The molecule has 0 heterocycles. The van der Waals surface area contributed by atoms with Crippen molar-refractivity contribution >= 4 is 5.84 Å². The number of benzene rings is 1. The van der Waals surface area contributed by atoms with Crippen LogP contribution < -0.4 is 5.73 Å². The number of phenolic OH excluding ortho intramolecular Hbond substituents is 1. The van der Waals surface area contributed by atoms with Crippen LogP contribution in [-0.2, 0) is 0 Å². The van der Waals surface area contributed by atoms with Gasteiger partial charge in [-0.25, -0.2) is 4.39 Å². The van der Waals surface area contributed by atoms with E-state index in [1.54, 1.807) is 0 Å². The molecule has 11 heavy (non-hydrogen) atoms. The molecule has 0 spiro atoms. The number of aromatic hydroxyl groups is 1. The van der Waals surface area contributed by atoms with Gasteiger partial charge in [0.2, 0.25) is 0 Å². The SMILES string of the molecule is N=C(N)c1ccc(O)cc1F. The summed E-state index contributed by atoms with van der Waals surface area (Å²) in [6, 6.07) is 3.45. The van der Waals surface area contributed by atoms with Gasteiger partial charge in [-0.3, -0.25) is 5.41 Å². The van der Waals surface area contributed by atoms with Crippen molar-refractivity contribution < 1.29 is 9.50 Å². The Balaban J connectivity index is 3.20. The van der Waals surface area contributed by atoms with E-state index in [4.69, 9.17) is 16.2 Å². The lowest BCUT2D eigenvalue weighted by Crippen LogP contribution is -2.12. The summed E-state index contributed by atoms with van der Waals surface area (Å²) in [6.45, 7) is 0. The van der Waals surface area contributed by atoms with E-state index in [2.05, 4.69) is 0 Å². The average molecular weight is 154 g/mol. The molecule has 0 saturated heterocycles. The molecule has 0 aliphatic rings. The lowest BCUT2D eigenvalue weighted by atomic mass is 10.2. The smallest absolute Gasteiger partial charge is 0.137 e. The summed E-state index contributed by atoms with van der Waals surface area (Å²) in [7, 11) is 0. The Morgan fingerprint density at radius 3 is 2.64 bits per heavy atom. The Morgan fingerprint density at radius 2 is 2.18 bits per heavy atom. The first-order chi connectivity index (χ1) is 5.11. The summed E-state index contributed by atoms with van der Waals surface area (Å²) in [5.74, 6) is -1.20. The molecule has 0 radical (unpaired) electrons. The summed E-state index contributed by atoms with van der Waals surface area (Å²) >= 11 is 0. The van der Waals surface area contributed by atoms with Gasteiger partial charge in [-0.15, -0.1) is 0 Å². The average Bonchev–Trinajstić information content (AvgIpc) is 1.85. The molecule has 0 saturated carbocycles. The molecule has 4 N–H and O–H groups in total. The standard InChI is InChI=1S/C7H7FN2O/c8-6-3-4(11)1-2-5(6)7(9)10/h1-3,11H,(H3,9,10). The van der Waals surface area contributed by atoms with Crippen molar-refractivity contribution in [1.82, 2.24) is 0 Å². The van der Waals surface area contributed by atoms with E-state index < -0.39 is 5.82 Å². The zero-order valence-electron chi connectivity index (χ0n) is 5.63. The third-order valence-electron chi connectivity index (χ3n) is 1.24. The molecule has 0 amide bonds. The molecule has 0 fully saturated rings. The number of nitrogens with two attached hydrogens (primary N) is 1. The van der Waals surface area contributed by atoms with E-state index >= 15 is 0 Å². The Kier molecular flexibility index (Phi) is 1.76. The van der Waals surface area contributed by atoms with E-state index in [9.17, 15) is 4.39 Å². The van der Waals surface area contributed by atoms with Crippen molar-refractivity contribution in [2.24, 2.45) is 5.73 Å². The monoisotopic (exact) mass is 154 g/mol. The fourth-order valence-electron chi connectivity index (χ4n) is 0.722. The number of hydrogen-bond donors (Lipinski definition) is 3. The molecular weight excluding hydrogens is 147 g/mol. The first kappa shape index (κ1) is 7.53. The fraction of sp³-hybridized carbons (Fsp3) is 0. The lowest BCUT2D eigenvalue weighted by Gasteiger charge is -1.99. The lowest BCUT2D eigenvalue weighted by molar-refractivity contribution is 0.469. The number of phenols is 1. The van der Waals surface area contributed by atoms with Crippen molar-refractivity contribution in [3.63, 3.8) is 0 Å². The molecule has 0 aromatic heterocycles. The van der Waals surface area contributed by atoms with Gasteiger partial charge in [0, 0.05) is 6.07 Å². The highest BCUT2D eigenvalue weighted by Crippen LogP contribution is 2.13. The summed E-state index contributed by atoms with van der Waals surface area (Å²) in [4.78, 5) is 0. The van der Waals surface area contributed by atoms with Crippen LogP contribution in [0.15, 0.2) is 18.2 Å². The number of amidine groups is 1. The summed E-state index contributed by atoms with van der Waals surface area (Å²) in [5.41, 5.74) is 5.03. The normalized spacial score (nSPS) is 9.55. The maximum Gasteiger partial charge on any atom is 0.137 e. The molecule has 0 aliphatic heterocycles. The minimum atomic E-state index is -0.683. The highest BCUT2D eigenvalue weighted by atomic mass is 19.1.